The largest absolute Gasteiger partial charge is 0.243 e. The molecule has 0 heterocycles. The van der Waals surface area contributed by atoms with Crippen molar-refractivity contribution in [2.24, 2.45) is 5.92 Å². The van der Waals surface area contributed by atoms with Gasteiger partial charge in [-0.15, -0.1) is 0 Å². The lowest BCUT2D eigenvalue weighted by molar-refractivity contribution is 0.0362. The zero-order valence-corrected chi connectivity index (χ0v) is 14.1. The van der Waals surface area contributed by atoms with Crippen LogP contribution in [-0.2, 0) is 0 Å². The van der Waals surface area contributed by atoms with Crippen molar-refractivity contribution in [3.8, 4) is 11.8 Å². The third-order valence-electron chi connectivity index (χ3n) is 4.97. The molecule has 0 amide bonds. The van der Waals surface area contributed by atoms with Crippen LogP contribution >= 0.6 is 0 Å². The average Bonchev–Trinajstić information content (AvgIpc) is 2.60. The second-order valence-corrected chi connectivity index (χ2v) is 6.81. The van der Waals surface area contributed by atoms with Gasteiger partial charge in [0.05, 0.1) is 0 Å². The summed E-state index contributed by atoms with van der Waals surface area (Å²) in [6, 6.07) is 6.95. The van der Waals surface area contributed by atoms with E-state index >= 15 is 0 Å². The molecule has 0 bridgehead atoms. The second-order valence-electron chi connectivity index (χ2n) is 6.81. The Hall–Kier alpha value is -2.02. The number of rotatable bonds is 2. The Bertz CT molecular complexity index is 833. The molecule has 2 aromatic rings. The fourth-order valence-electron chi connectivity index (χ4n) is 3.50. The van der Waals surface area contributed by atoms with Crippen LogP contribution in [0.4, 0.5) is 17.6 Å². The highest BCUT2D eigenvalue weighted by Crippen LogP contribution is 2.39. The van der Waals surface area contributed by atoms with E-state index in [0.29, 0.717) is 17.4 Å². The molecule has 3 unspecified atom stereocenters. The van der Waals surface area contributed by atoms with Crippen molar-refractivity contribution in [3.63, 3.8) is 0 Å². The maximum absolute atomic E-state index is 14.8. The molecule has 0 N–H and O–H groups in total. The van der Waals surface area contributed by atoms with Gasteiger partial charge in [0.15, 0.2) is 11.6 Å². The van der Waals surface area contributed by atoms with Crippen LogP contribution in [0.25, 0.3) is 10.8 Å². The van der Waals surface area contributed by atoms with Crippen molar-refractivity contribution >= 4 is 10.8 Å². The molecule has 1 saturated carbocycles. The Morgan fingerprint density at radius 1 is 1.20 bits per heavy atom. The molecule has 132 valence electrons. The van der Waals surface area contributed by atoms with E-state index in [1.807, 2.05) is 6.92 Å². The summed E-state index contributed by atoms with van der Waals surface area (Å²) >= 11 is 0. The predicted molar refractivity (Wildman–Crippen MR) is 91.7 cm³/mol. The van der Waals surface area contributed by atoms with Gasteiger partial charge in [0.2, 0.25) is 5.67 Å². The van der Waals surface area contributed by atoms with E-state index < -0.39 is 23.5 Å². The van der Waals surface area contributed by atoms with Crippen LogP contribution in [0, 0.1) is 29.4 Å². The Labute approximate surface area is 145 Å². The molecule has 0 aromatic heterocycles. The summed E-state index contributed by atoms with van der Waals surface area (Å²) in [7, 11) is 0. The van der Waals surface area contributed by atoms with E-state index in [9.17, 15) is 17.6 Å². The monoisotopic (exact) mass is 348 g/mol. The molecule has 0 aliphatic heterocycles. The van der Waals surface area contributed by atoms with Gasteiger partial charge in [0, 0.05) is 10.9 Å². The van der Waals surface area contributed by atoms with E-state index in [0.717, 1.165) is 18.9 Å². The first-order valence-electron chi connectivity index (χ1n) is 8.67. The van der Waals surface area contributed by atoms with Crippen LogP contribution in [0.5, 0.6) is 0 Å². The molecule has 1 fully saturated rings. The van der Waals surface area contributed by atoms with E-state index in [1.165, 1.54) is 18.2 Å². The quantitative estimate of drug-likeness (QED) is 0.453. The van der Waals surface area contributed by atoms with Gasteiger partial charge >= 0.3 is 0 Å². The summed E-state index contributed by atoms with van der Waals surface area (Å²) in [5.41, 5.74) is -1.67. The highest BCUT2D eigenvalue weighted by Gasteiger charge is 2.43. The molecule has 1 aliphatic rings. The van der Waals surface area contributed by atoms with E-state index in [4.69, 9.17) is 0 Å². The average molecular weight is 348 g/mol. The van der Waals surface area contributed by atoms with E-state index in [2.05, 4.69) is 11.8 Å². The van der Waals surface area contributed by atoms with Crippen molar-refractivity contribution in [3.05, 3.63) is 47.5 Å². The topological polar surface area (TPSA) is 0 Å². The predicted octanol–water partition coefficient (Wildman–Crippen LogP) is 6.12. The number of benzene rings is 2. The zero-order chi connectivity index (χ0) is 18.0. The zero-order valence-electron chi connectivity index (χ0n) is 14.1. The van der Waals surface area contributed by atoms with Crippen molar-refractivity contribution in [1.82, 2.24) is 0 Å². The lowest BCUT2D eigenvalue weighted by Gasteiger charge is -2.33. The smallest absolute Gasteiger partial charge is 0.202 e. The van der Waals surface area contributed by atoms with Crippen molar-refractivity contribution in [1.29, 1.82) is 0 Å². The SMILES string of the molecule is CCCC1CCC(F)(C#Cc2ccc3c(F)c(F)ccc3c2)C(F)C1. The fraction of sp³-hybridized carbons (Fsp3) is 0.429. The molecule has 25 heavy (non-hydrogen) atoms. The summed E-state index contributed by atoms with van der Waals surface area (Å²) in [5, 5.41) is 0.617. The van der Waals surface area contributed by atoms with Crippen LogP contribution in [0.3, 0.4) is 0 Å². The Morgan fingerprint density at radius 2 is 2.00 bits per heavy atom. The number of halogens is 4. The molecular formula is C21H20F4. The molecule has 0 saturated heterocycles. The molecule has 0 radical (unpaired) electrons. The second kappa shape index (κ2) is 7.07. The van der Waals surface area contributed by atoms with Crippen molar-refractivity contribution in [2.45, 2.75) is 50.9 Å². The van der Waals surface area contributed by atoms with Gasteiger partial charge in [0.1, 0.15) is 6.17 Å². The molecular weight excluding hydrogens is 328 g/mol. The lowest BCUT2D eigenvalue weighted by atomic mass is 9.77. The molecule has 4 heteroatoms. The van der Waals surface area contributed by atoms with Gasteiger partial charge in [-0.05, 0) is 48.8 Å². The number of alkyl halides is 2. The molecule has 3 atom stereocenters. The summed E-state index contributed by atoms with van der Waals surface area (Å²) in [5.74, 6) is 3.52. The molecule has 3 rings (SSSR count). The third kappa shape index (κ3) is 3.66. The standard InChI is InChI=1S/C21H20F4/c1-2-3-14-8-10-21(25,19(23)13-14)11-9-15-4-6-17-16(12-15)5-7-18(22)20(17)24/h4-7,12,14,19H,2-3,8,10,13H2,1H3. The summed E-state index contributed by atoms with van der Waals surface area (Å²) < 4.78 is 56.1. The molecule has 0 nitrogen and oxygen atoms in total. The van der Waals surface area contributed by atoms with Crippen molar-refractivity contribution in [2.75, 3.05) is 0 Å². The molecule has 0 spiro atoms. The highest BCUT2D eigenvalue weighted by molar-refractivity contribution is 5.84. The van der Waals surface area contributed by atoms with Crippen LogP contribution in [-0.4, -0.2) is 11.8 Å². The van der Waals surface area contributed by atoms with Gasteiger partial charge in [-0.25, -0.2) is 17.6 Å². The highest BCUT2D eigenvalue weighted by atomic mass is 19.2. The normalized spacial score (nSPS) is 26.3. The minimum absolute atomic E-state index is 0.0965. The number of fused-ring (bicyclic) bond motifs is 1. The molecule has 2 aromatic carbocycles. The summed E-state index contributed by atoms with van der Waals surface area (Å²) in [6.07, 6.45) is 1.24. The van der Waals surface area contributed by atoms with E-state index in [-0.39, 0.29) is 24.1 Å². The lowest BCUT2D eigenvalue weighted by Crippen LogP contribution is -2.39. The van der Waals surface area contributed by atoms with Gasteiger partial charge in [-0.3, -0.25) is 0 Å². The first-order valence-corrected chi connectivity index (χ1v) is 8.67. The van der Waals surface area contributed by atoms with Gasteiger partial charge in [0.25, 0.3) is 0 Å². The number of hydrogen-bond acceptors (Lipinski definition) is 0. The summed E-state index contributed by atoms with van der Waals surface area (Å²) in [4.78, 5) is 0. The van der Waals surface area contributed by atoms with Gasteiger partial charge in [-0.2, -0.15) is 0 Å². The summed E-state index contributed by atoms with van der Waals surface area (Å²) in [6.45, 7) is 2.04. The van der Waals surface area contributed by atoms with Crippen LogP contribution in [0.2, 0.25) is 0 Å². The van der Waals surface area contributed by atoms with Crippen molar-refractivity contribution < 1.29 is 17.6 Å². The van der Waals surface area contributed by atoms with Crippen LogP contribution in [0.1, 0.15) is 44.6 Å². The van der Waals surface area contributed by atoms with E-state index in [1.54, 1.807) is 6.07 Å². The fourth-order valence-corrected chi connectivity index (χ4v) is 3.50. The minimum atomic E-state index is -2.13. The minimum Gasteiger partial charge on any atom is -0.243 e. The first kappa shape index (κ1) is 17.8. The van der Waals surface area contributed by atoms with Crippen LogP contribution in [0.15, 0.2) is 30.3 Å². The van der Waals surface area contributed by atoms with Gasteiger partial charge in [-0.1, -0.05) is 43.7 Å². The number of hydrogen-bond donors (Lipinski definition) is 0. The van der Waals surface area contributed by atoms with Crippen LogP contribution < -0.4 is 0 Å². The molecule has 1 aliphatic carbocycles. The first-order chi connectivity index (χ1) is 11.9. The third-order valence-corrected chi connectivity index (χ3v) is 4.97. The maximum atomic E-state index is 14.8. The Morgan fingerprint density at radius 3 is 2.72 bits per heavy atom. The van der Waals surface area contributed by atoms with Gasteiger partial charge < -0.3 is 0 Å². The Balaban J connectivity index is 1.83. The Kier molecular flexibility index (Phi) is 5.03. The maximum Gasteiger partial charge on any atom is 0.202 e.